The van der Waals surface area contributed by atoms with Gasteiger partial charge >= 0.3 is 0 Å². The topological polar surface area (TPSA) is 53.5 Å². The first-order valence-electron chi connectivity index (χ1n) is 8.00. The lowest BCUT2D eigenvalue weighted by atomic mass is 10.0. The van der Waals surface area contributed by atoms with E-state index in [0.29, 0.717) is 23.3 Å². The van der Waals surface area contributed by atoms with Crippen molar-refractivity contribution in [1.82, 2.24) is 10.6 Å². The quantitative estimate of drug-likeness (QED) is 0.673. The van der Waals surface area contributed by atoms with Crippen molar-refractivity contribution < 1.29 is 9.84 Å². The van der Waals surface area contributed by atoms with Crippen molar-refractivity contribution in [2.75, 3.05) is 13.7 Å². The number of aromatic hydroxyl groups is 1. The fraction of sp³-hybridized carbons (Fsp3) is 0.316. The molecule has 0 aliphatic carbocycles. The van der Waals surface area contributed by atoms with Crippen LogP contribution in [0.2, 0.25) is 0 Å². The van der Waals surface area contributed by atoms with Gasteiger partial charge < -0.3 is 20.5 Å². The van der Waals surface area contributed by atoms with Crippen LogP contribution in [0.4, 0.5) is 0 Å². The molecule has 5 heteroatoms. The molecule has 0 amide bonds. The largest absolute Gasteiger partial charge is 0.504 e. The Kier molecular flexibility index (Phi) is 6.88. The molecule has 1 atom stereocenters. The number of phenols is 1. The van der Waals surface area contributed by atoms with Gasteiger partial charge in [0.2, 0.25) is 0 Å². The van der Waals surface area contributed by atoms with Crippen molar-refractivity contribution >= 4 is 17.3 Å². The summed E-state index contributed by atoms with van der Waals surface area (Å²) in [5.74, 6) is 1.09. The number of hydrogen-bond acceptors (Lipinski definition) is 3. The summed E-state index contributed by atoms with van der Waals surface area (Å²) in [7, 11) is 1.53. The minimum Gasteiger partial charge on any atom is -0.504 e. The summed E-state index contributed by atoms with van der Waals surface area (Å²) in [6, 6.07) is 15.7. The monoisotopic (exact) mass is 344 g/mol. The molecular weight excluding hydrogens is 320 g/mol. The van der Waals surface area contributed by atoms with Crippen molar-refractivity contribution in [3.8, 4) is 11.5 Å². The third-order valence-electron chi connectivity index (χ3n) is 3.74. The highest BCUT2D eigenvalue weighted by Crippen LogP contribution is 2.26. The normalized spacial score (nSPS) is 11.6. The summed E-state index contributed by atoms with van der Waals surface area (Å²) >= 11 is 5.32. The molecule has 4 nitrogen and oxygen atoms in total. The van der Waals surface area contributed by atoms with Crippen molar-refractivity contribution in [3.05, 3.63) is 59.7 Å². The molecule has 0 saturated carbocycles. The summed E-state index contributed by atoms with van der Waals surface area (Å²) in [5.41, 5.74) is 2.33. The first-order chi connectivity index (χ1) is 11.6. The number of benzene rings is 2. The zero-order valence-electron chi connectivity index (χ0n) is 14.1. The molecule has 2 aromatic carbocycles. The second-order valence-electron chi connectivity index (χ2n) is 5.86. The van der Waals surface area contributed by atoms with Gasteiger partial charge in [-0.25, -0.2) is 0 Å². The number of ether oxygens (including phenoxy) is 1. The van der Waals surface area contributed by atoms with Gasteiger partial charge in [0.1, 0.15) is 0 Å². The highest BCUT2D eigenvalue weighted by atomic mass is 32.1. The molecule has 3 N–H and O–H groups in total. The van der Waals surface area contributed by atoms with Crippen LogP contribution in [0.25, 0.3) is 0 Å². The first kappa shape index (κ1) is 18.1. The number of hydrogen-bond donors (Lipinski definition) is 3. The fourth-order valence-corrected chi connectivity index (χ4v) is 2.59. The average Bonchev–Trinajstić information content (AvgIpc) is 2.60. The molecule has 0 aliphatic heterocycles. The van der Waals surface area contributed by atoms with Crippen LogP contribution in [0, 0.1) is 5.92 Å². The van der Waals surface area contributed by atoms with Gasteiger partial charge in [-0.15, -0.1) is 0 Å². The van der Waals surface area contributed by atoms with Gasteiger partial charge in [-0.3, -0.25) is 0 Å². The predicted octanol–water partition coefficient (Wildman–Crippen LogP) is 3.24. The molecule has 0 radical (unpaired) electrons. The molecule has 0 aliphatic rings. The van der Waals surface area contributed by atoms with Crippen LogP contribution < -0.4 is 15.4 Å². The van der Waals surface area contributed by atoms with Crippen molar-refractivity contribution in [1.29, 1.82) is 0 Å². The SMILES string of the molecule is COc1cc(CNC(=S)NCC(C)Cc2ccccc2)ccc1O. The summed E-state index contributed by atoms with van der Waals surface area (Å²) in [5, 5.41) is 16.6. The van der Waals surface area contributed by atoms with E-state index in [-0.39, 0.29) is 5.75 Å². The van der Waals surface area contributed by atoms with Crippen LogP contribution in [0.1, 0.15) is 18.1 Å². The Balaban J connectivity index is 1.73. The first-order valence-corrected chi connectivity index (χ1v) is 8.41. The predicted molar refractivity (Wildman–Crippen MR) is 101 cm³/mol. The van der Waals surface area contributed by atoms with Gasteiger partial charge in [0, 0.05) is 13.1 Å². The molecule has 0 saturated heterocycles. The maximum atomic E-state index is 9.60. The smallest absolute Gasteiger partial charge is 0.166 e. The minimum absolute atomic E-state index is 0.136. The van der Waals surface area contributed by atoms with Crippen LogP contribution in [0.5, 0.6) is 11.5 Å². The van der Waals surface area contributed by atoms with Crippen LogP contribution >= 0.6 is 12.2 Å². The Morgan fingerprint density at radius 3 is 2.58 bits per heavy atom. The van der Waals surface area contributed by atoms with Gasteiger partial charge in [-0.05, 0) is 47.8 Å². The molecule has 0 aromatic heterocycles. The molecule has 0 fully saturated rings. The maximum Gasteiger partial charge on any atom is 0.166 e. The second-order valence-corrected chi connectivity index (χ2v) is 6.27. The van der Waals surface area contributed by atoms with Gasteiger partial charge in [-0.1, -0.05) is 43.3 Å². The average molecular weight is 344 g/mol. The van der Waals surface area contributed by atoms with Crippen LogP contribution in [0.3, 0.4) is 0 Å². The number of methoxy groups -OCH3 is 1. The minimum atomic E-state index is 0.136. The Bertz CT molecular complexity index is 662. The Hall–Kier alpha value is -2.27. The van der Waals surface area contributed by atoms with Gasteiger partial charge in [0.15, 0.2) is 16.6 Å². The van der Waals surface area contributed by atoms with E-state index in [1.165, 1.54) is 12.7 Å². The maximum absolute atomic E-state index is 9.60. The number of thiocarbonyl (C=S) groups is 1. The third-order valence-corrected chi connectivity index (χ3v) is 4.02. The third kappa shape index (κ3) is 5.74. The summed E-state index contributed by atoms with van der Waals surface area (Å²) in [6.07, 6.45) is 1.02. The highest BCUT2D eigenvalue weighted by molar-refractivity contribution is 7.80. The second kappa shape index (κ2) is 9.13. The molecule has 128 valence electrons. The van der Waals surface area contributed by atoms with Crippen molar-refractivity contribution in [2.45, 2.75) is 19.9 Å². The number of nitrogens with one attached hydrogen (secondary N) is 2. The van der Waals surface area contributed by atoms with E-state index in [1.807, 2.05) is 12.1 Å². The molecule has 0 bridgehead atoms. The molecule has 1 unspecified atom stereocenters. The Morgan fingerprint density at radius 1 is 1.12 bits per heavy atom. The zero-order valence-corrected chi connectivity index (χ0v) is 14.9. The summed E-state index contributed by atoms with van der Waals surface area (Å²) in [4.78, 5) is 0. The van der Waals surface area contributed by atoms with Gasteiger partial charge in [0.25, 0.3) is 0 Å². The fourth-order valence-electron chi connectivity index (χ4n) is 2.43. The van der Waals surface area contributed by atoms with E-state index in [4.69, 9.17) is 17.0 Å². The van der Waals surface area contributed by atoms with E-state index < -0.39 is 0 Å². The summed E-state index contributed by atoms with van der Waals surface area (Å²) < 4.78 is 5.10. The van der Waals surface area contributed by atoms with E-state index in [9.17, 15) is 5.11 Å². The molecule has 0 spiro atoms. The van der Waals surface area contributed by atoms with Crippen LogP contribution in [-0.2, 0) is 13.0 Å². The van der Waals surface area contributed by atoms with Crippen molar-refractivity contribution in [2.24, 2.45) is 5.92 Å². The lowest BCUT2D eigenvalue weighted by molar-refractivity contribution is 0.373. The Morgan fingerprint density at radius 2 is 1.88 bits per heavy atom. The van der Waals surface area contributed by atoms with Gasteiger partial charge in [0.05, 0.1) is 7.11 Å². The van der Waals surface area contributed by atoms with Crippen LogP contribution in [-0.4, -0.2) is 23.9 Å². The van der Waals surface area contributed by atoms with Crippen LogP contribution in [0.15, 0.2) is 48.5 Å². The van der Waals surface area contributed by atoms with E-state index in [1.54, 1.807) is 12.1 Å². The lowest BCUT2D eigenvalue weighted by Gasteiger charge is -2.15. The number of phenolic OH excluding ortho intramolecular Hbond substituents is 1. The molecule has 0 heterocycles. The van der Waals surface area contributed by atoms with E-state index >= 15 is 0 Å². The zero-order chi connectivity index (χ0) is 17.4. The van der Waals surface area contributed by atoms with E-state index in [0.717, 1.165) is 18.5 Å². The molecule has 24 heavy (non-hydrogen) atoms. The standard InChI is InChI=1S/C19H24N2O2S/c1-14(10-15-6-4-3-5-7-15)12-20-19(24)21-13-16-8-9-17(22)18(11-16)23-2/h3-9,11,14,22H,10,12-13H2,1-2H3,(H2,20,21,24). The molecule has 2 aromatic rings. The lowest BCUT2D eigenvalue weighted by Crippen LogP contribution is -2.37. The van der Waals surface area contributed by atoms with Crippen molar-refractivity contribution in [3.63, 3.8) is 0 Å². The molecule has 2 rings (SSSR count). The highest BCUT2D eigenvalue weighted by Gasteiger charge is 2.06. The Labute approximate surface area is 148 Å². The number of rotatable bonds is 7. The molecular formula is C19H24N2O2S. The van der Waals surface area contributed by atoms with E-state index in [2.05, 4.69) is 41.8 Å². The summed E-state index contributed by atoms with van der Waals surface area (Å²) in [6.45, 7) is 3.60. The van der Waals surface area contributed by atoms with Gasteiger partial charge in [-0.2, -0.15) is 0 Å².